The van der Waals surface area contributed by atoms with Crippen LogP contribution in [0.2, 0.25) is 0 Å². The number of carbonyl (C=O) groups is 2. The van der Waals surface area contributed by atoms with Crippen molar-refractivity contribution in [2.24, 2.45) is 0 Å². The Morgan fingerprint density at radius 1 is 1.30 bits per heavy atom. The summed E-state index contributed by atoms with van der Waals surface area (Å²) in [7, 11) is 0. The molecule has 20 heavy (non-hydrogen) atoms. The number of hydrogen-bond donors (Lipinski definition) is 1. The van der Waals surface area contributed by atoms with Crippen molar-refractivity contribution < 1.29 is 14.0 Å². The molecular formula is C15H14N2O3. The van der Waals surface area contributed by atoms with Crippen molar-refractivity contribution in [3.8, 4) is 0 Å². The topological polar surface area (TPSA) is 62.6 Å². The first kappa shape index (κ1) is 12.5. The van der Waals surface area contributed by atoms with Gasteiger partial charge in [-0.3, -0.25) is 14.5 Å². The van der Waals surface area contributed by atoms with Crippen LogP contribution in [-0.4, -0.2) is 18.4 Å². The largest absolute Gasteiger partial charge is 0.456 e. The highest BCUT2D eigenvalue weighted by atomic mass is 16.4. The van der Waals surface area contributed by atoms with E-state index in [0.29, 0.717) is 11.4 Å². The lowest BCUT2D eigenvalue weighted by atomic mass is 10.2. The highest BCUT2D eigenvalue weighted by Gasteiger charge is 2.28. The number of para-hydroxylation sites is 2. The van der Waals surface area contributed by atoms with Crippen LogP contribution < -0.4 is 10.2 Å². The molecule has 5 nitrogen and oxygen atoms in total. The Morgan fingerprint density at radius 3 is 2.85 bits per heavy atom. The van der Waals surface area contributed by atoms with Gasteiger partial charge >= 0.3 is 0 Å². The highest BCUT2D eigenvalue weighted by molar-refractivity contribution is 6.14. The Labute approximate surface area is 116 Å². The molecule has 5 heteroatoms. The summed E-state index contributed by atoms with van der Waals surface area (Å²) in [6, 6.07) is 10.6. The van der Waals surface area contributed by atoms with Gasteiger partial charge in [0, 0.05) is 6.42 Å². The van der Waals surface area contributed by atoms with Crippen molar-refractivity contribution in [3.63, 3.8) is 0 Å². The van der Waals surface area contributed by atoms with Gasteiger partial charge in [-0.15, -0.1) is 0 Å². The molecule has 0 saturated carbocycles. The molecular weight excluding hydrogens is 256 g/mol. The third-order valence-electron chi connectivity index (χ3n) is 3.24. The number of nitrogens with zero attached hydrogens (tertiary/aromatic N) is 1. The van der Waals surface area contributed by atoms with E-state index in [2.05, 4.69) is 5.32 Å². The normalized spacial score (nSPS) is 13.8. The molecule has 1 N–H and O–H groups in total. The number of carbonyl (C=O) groups excluding carboxylic acids is 2. The number of benzene rings is 1. The van der Waals surface area contributed by atoms with Gasteiger partial charge in [-0.1, -0.05) is 19.1 Å². The predicted octanol–water partition coefficient (Wildman–Crippen LogP) is 2.44. The third kappa shape index (κ3) is 2.07. The van der Waals surface area contributed by atoms with E-state index < -0.39 is 0 Å². The fourth-order valence-corrected chi connectivity index (χ4v) is 2.23. The Hall–Kier alpha value is -2.56. The number of anilines is 2. The first-order chi connectivity index (χ1) is 9.69. The Bertz CT molecular complexity index is 675. The molecule has 0 saturated heterocycles. The number of nitrogens with one attached hydrogen (secondary N) is 1. The Morgan fingerprint density at radius 2 is 2.10 bits per heavy atom. The molecule has 0 aliphatic carbocycles. The van der Waals surface area contributed by atoms with Gasteiger partial charge in [0.2, 0.25) is 5.91 Å². The van der Waals surface area contributed by atoms with E-state index in [0.717, 1.165) is 12.2 Å². The van der Waals surface area contributed by atoms with Gasteiger partial charge < -0.3 is 9.73 Å². The fourth-order valence-electron chi connectivity index (χ4n) is 2.23. The number of fused-ring (bicyclic) bond motifs is 1. The van der Waals surface area contributed by atoms with Crippen molar-refractivity contribution in [1.29, 1.82) is 0 Å². The van der Waals surface area contributed by atoms with Gasteiger partial charge in [-0.25, -0.2) is 0 Å². The molecule has 0 atom stereocenters. The number of furan rings is 1. The van der Waals surface area contributed by atoms with Crippen molar-refractivity contribution in [1.82, 2.24) is 0 Å². The highest BCUT2D eigenvalue weighted by Crippen LogP contribution is 2.30. The molecule has 2 heterocycles. The van der Waals surface area contributed by atoms with Crippen molar-refractivity contribution in [2.75, 3.05) is 16.8 Å². The van der Waals surface area contributed by atoms with Crippen LogP contribution >= 0.6 is 0 Å². The molecule has 2 aromatic rings. The second-order valence-corrected chi connectivity index (χ2v) is 4.58. The molecule has 1 aliphatic heterocycles. The second kappa shape index (κ2) is 4.85. The van der Waals surface area contributed by atoms with Gasteiger partial charge in [-0.05, 0) is 24.3 Å². The van der Waals surface area contributed by atoms with E-state index >= 15 is 0 Å². The minimum atomic E-state index is -0.299. The molecule has 0 unspecified atom stereocenters. The molecule has 1 aromatic heterocycles. The smallest absolute Gasteiger partial charge is 0.294 e. The molecule has 1 aliphatic rings. The number of aryl methyl sites for hydroxylation is 1. The summed E-state index contributed by atoms with van der Waals surface area (Å²) in [6.07, 6.45) is 0.727. The maximum atomic E-state index is 12.5. The molecule has 2 amide bonds. The summed E-state index contributed by atoms with van der Waals surface area (Å²) >= 11 is 0. The van der Waals surface area contributed by atoms with E-state index in [1.807, 2.05) is 19.1 Å². The SMILES string of the molecule is CCc1ccc(C(=O)N2CC(=O)Nc3ccccc32)o1. The summed E-state index contributed by atoms with van der Waals surface area (Å²) in [5, 5.41) is 2.75. The number of hydrogen-bond acceptors (Lipinski definition) is 3. The molecule has 1 aromatic carbocycles. The summed E-state index contributed by atoms with van der Waals surface area (Å²) in [5.74, 6) is 0.501. The van der Waals surface area contributed by atoms with Crippen LogP contribution in [-0.2, 0) is 11.2 Å². The average molecular weight is 270 g/mol. The van der Waals surface area contributed by atoms with Crippen LogP contribution in [0.3, 0.4) is 0 Å². The zero-order valence-corrected chi connectivity index (χ0v) is 11.1. The first-order valence-corrected chi connectivity index (χ1v) is 6.48. The van der Waals surface area contributed by atoms with E-state index in [4.69, 9.17) is 4.42 Å². The van der Waals surface area contributed by atoms with Crippen LogP contribution in [0.4, 0.5) is 11.4 Å². The average Bonchev–Trinajstić information content (AvgIpc) is 2.94. The van der Waals surface area contributed by atoms with E-state index in [1.165, 1.54) is 4.90 Å². The van der Waals surface area contributed by atoms with E-state index in [1.54, 1.807) is 24.3 Å². The maximum absolute atomic E-state index is 12.5. The van der Waals surface area contributed by atoms with Gasteiger partial charge in [0.15, 0.2) is 5.76 Å². The summed E-state index contributed by atoms with van der Waals surface area (Å²) in [4.78, 5) is 25.6. The van der Waals surface area contributed by atoms with Crippen LogP contribution in [0, 0.1) is 0 Å². The van der Waals surface area contributed by atoms with Crippen LogP contribution in [0.1, 0.15) is 23.2 Å². The van der Waals surface area contributed by atoms with Gasteiger partial charge in [-0.2, -0.15) is 0 Å². The second-order valence-electron chi connectivity index (χ2n) is 4.58. The molecule has 3 rings (SSSR count). The minimum absolute atomic E-state index is 0.00198. The molecule has 0 bridgehead atoms. The Balaban J connectivity index is 1.97. The maximum Gasteiger partial charge on any atom is 0.294 e. The summed E-state index contributed by atoms with van der Waals surface area (Å²) < 4.78 is 5.48. The van der Waals surface area contributed by atoms with Crippen molar-refractivity contribution in [2.45, 2.75) is 13.3 Å². The van der Waals surface area contributed by atoms with Gasteiger partial charge in [0.05, 0.1) is 11.4 Å². The minimum Gasteiger partial charge on any atom is -0.456 e. The lowest BCUT2D eigenvalue weighted by molar-refractivity contribution is -0.115. The van der Waals surface area contributed by atoms with Crippen molar-refractivity contribution >= 4 is 23.2 Å². The molecule has 102 valence electrons. The van der Waals surface area contributed by atoms with Crippen LogP contribution in [0.15, 0.2) is 40.8 Å². The monoisotopic (exact) mass is 270 g/mol. The zero-order chi connectivity index (χ0) is 14.1. The van der Waals surface area contributed by atoms with Crippen LogP contribution in [0.25, 0.3) is 0 Å². The first-order valence-electron chi connectivity index (χ1n) is 6.48. The number of amides is 2. The number of rotatable bonds is 2. The predicted molar refractivity (Wildman–Crippen MR) is 74.8 cm³/mol. The lowest BCUT2D eigenvalue weighted by Gasteiger charge is -2.28. The van der Waals surface area contributed by atoms with Crippen LogP contribution in [0.5, 0.6) is 0 Å². The summed E-state index contributed by atoms with van der Waals surface area (Å²) in [6.45, 7) is 1.95. The Kier molecular flexibility index (Phi) is 3.02. The van der Waals surface area contributed by atoms with Gasteiger partial charge in [0.25, 0.3) is 5.91 Å². The van der Waals surface area contributed by atoms with Gasteiger partial charge in [0.1, 0.15) is 12.3 Å². The van der Waals surface area contributed by atoms with E-state index in [9.17, 15) is 9.59 Å². The van der Waals surface area contributed by atoms with E-state index in [-0.39, 0.29) is 24.1 Å². The zero-order valence-electron chi connectivity index (χ0n) is 11.1. The standard InChI is InChI=1S/C15H14N2O3/c1-2-10-7-8-13(20-10)15(19)17-9-14(18)16-11-5-3-4-6-12(11)17/h3-8H,2,9H2,1H3,(H,16,18). The van der Waals surface area contributed by atoms with Crippen molar-refractivity contribution in [3.05, 3.63) is 47.9 Å². The summed E-state index contributed by atoms with van der Waals surface area (Å²) in [5.41, 5.74) is 1.32. The quantitative estimate of drug-likeness (QED) is 0.911. The molecule has 0 fully saturated rings. The molecule has 0 spiro atoms. The lowest BCUT2D eigenvalue weighted by Crippen LogP contribution is -2.42. The molecule has 0 radical (unpaired) electrons. The third-order valence-corrected chi connectivity index (χ3v) is 3.24. The fraction of sp³-hybridized carbons (Fsp3) is 0.200.